The van der Waals surface area contributed by atoms with E-state index in [-0.39, 0.29) is 48.6 Å². The van der Waals surface area contributed by atoms with Crippen molar-refractivity contribution in [2.24, 2.45) is 4.99 Å². The lowest BCUT2D eigenvalue weighted by atomic mass is 10.1. The van der Waals surface area contributed by atoms with Gasteiger partial charge < -0.3 is 20.1 Å². The first kappa shape index (κ1) is 23.3. The Morgan fingerprint density at radius 3 is 2.44 bits per heavy atom. The third-order valence-corrected chi connectivity index (χ3v) is 3.05. The van der Waals surface area contributed by atoms with Gasteiger partial charge in [0.1, 0.15) is 11.3 Å². The number of aliphatic imine (C=N–C) groups is 1. The summed E-state index contributed by atoms with van der Waals surface area (Å²) in [5.41, 5.74) is 0.981. The van der Waals surface area contributed by atoms with Gasteiger partial charge in [0.2, 0.25) is 0 Å². The molecule has 0 spiro atoms. The molecule has 142 valence electrons. The van der Waals surface area contributed by atoms with Crippen molar-refractivity contribution in [1.82, 2.24) is 10.6 Å². The van der Waals surface area contributed by atoms with Crippen molar-refractivity contribution in [3.8, 4) is 5.75 Å². The van der Waals surface area contributed by atoms with Gasteiger partial charge in [0.05, 0.1) is 20.6 Å². The zero-order valence-electron chi connectivity index (χ0n) is 14.1. The summed E-state index contributed by atoms with van der Waals surface area (Å²) in [7, 11) is 4.15. The molecule has 1 aromatic rings. The first-order chi connectivity index (χ1) is 11.3. The quantitative estimate of drug-likeness (QED) is 0.287. The highest BCUT2D eigenvalue weighted by Crippen LogP contribution is 2.21. The van der Waals surface area contributed by atoms with Crippen LogP contribution in [0.3, 0.4) is 0 Å². The van der Waals surface area contributed by atoms with Crippen LogP contribution in [-0.2, 0) is 11.3 Å². The summed E-state index contributed by atoms with van der Waals surface area (Å²) < 4.78 is 46.2. The van der Waals surface area contributed by atoms with Gasteiger partial charge in [0.15, 0.2) is 5.96 Å². The minimum Gasteiger partial charge on any atom is -0.496 e. The van der Waals surface area contributed by atoms with Gasteiger partial charge in [0.25, 0.3) is 0 Å². The summed E-state index contributed by atoms with van der Waals surface area (Å²) in [5, 5.41) is 5.44. The molecule has 0 fully saturated rings. The summed E-state index contributed by atoms with van der Waals surface area (Å²) in [6.07, 6.45) is -5.18. The molecule has 25 heavy (non-hydrogen) atoms. The maximum Gasteiger partial charge on any atom is 0.390 e. The molecule has 0 aliphatic carbocycles. The zero-order chi connectivity index (χ0) is 18.2. The molecule has 0 unspecified atom stereocenters. The number of carbonyl (C=O) groups is 1. The average molecular weight is 475 g/mol. The minimum atomic E-state index is -4.22. The molecule has 0 aliphatic heterocycles. The van der Waals surface area contributed by atoms with Crippen molar-refractivity contribution < 1.29 is 27.4 Å². The fourth-order valence-corrected chi connectivity index (χ4v) is 1.86. The Morgan fingerprint density at radius 1 is 1.24 bits per heavy atom. The molecule has 6 nitrogen and oxygen atoms in total. The Labute approximate surface area is 161 Å². The zero-order valence-corrected chi connectivity index (χ0v) is 16.4. The van der Waals surface area contributed by atoms with Gasteiger partial charge in [-0.3, -0.25) is 4.99 Å². The third-order valence-electron chi connectivity index (χ3n) is 3.05. The number of ether oxygens (including phenoxy) is 2. The molecule has 0 bridgehead atoms. The third kappa shape index (κ3) is 8.27. The van der Waals surface area contributed by atoms with E-state index >= 15 is 0 Å². The highest BCUT2D eigenvalue weighted by atomic mass is 127. The smallest absolute Gasteiger partial charge is 0.390 e. The molecule has 0 radical (unpaired) electrons. The van der Waals surface area contributed by atoms with Crippen LogP contribution < -0.4 is 15.4 Å². The van der Waals surface area contributed by atoms with Crippen LogP contribution in [-0.4, -0.2) is 45.9 Å². The molecule has 1 rings (SSSR count). The van der Waals surface area contributed by atoms with Crippen LogP contribution in [0.1, 0.15) is 22.3 Å². The van der Waals surface area contributed by atoms with Gasteiger partial charge in [-0.1, -0.05) is 6.07 Å². The Kier molecular flexibility index (Phi) is 10.2. The molecule has 0 aliphatic rings. The van der Waals surface area contributed by atoms with E-state index in [0.29, 0.717) is 5.75 Å². The number of methoxy groups -OCH3 is 2. The lowest BCUT2D eigenvalue weighted by Gasteiger charge is -2.14. The second-order valence-electron chi connectivity index (χ2n) is 4.74. The first-order valence-corrected chi connectivity index (χ1v) is 7.07. The van der Waals surface area contributed by atoms with Crippen LogP contribution in [0.4, 0.5) is 13.2 Å². The van der Waals surface area contributed by atoms with Crippen LogP contribution in [0.5, 0.6) is 5.75 Å². The summed E-state index contributed by atoms with van der Waals surface area (Å²) in [5.74, 6) is 0.0642. The summed E-state index contributed by atoms with van der Waals surface area (Å²) in [4.78, 5) is 15.6. The largest absolute Gasteiger partial charge is 0.496 e. The van der Waals surface area contributed by atoms with E-state index in [1.165, 1.54) is 21.3 Å². The number of esters is 1. The number of nitrogens with one attached hydrogen (secondary N) is 2. The topological polar surface area (TPSA) is 72.0 Å². The van der Waals surface area contributed by atoms with Gasteiger partial charge in [0, 0.05) is 20.1 Å². The Hall–Kier alpha value is -1.72. The lowest BCUT2D eigenvalue weighted by molar-refractivity contribution is -0.132. The molecular formula is C15H21F3IN3O3. The predicted octanol–water partition coefficient (Wildman–Crippen LogP) is 2.72. The number of guanidine groups is 1. The van der Waals surface area contributed by atoms with E-state index < -0.39 is 18.6 Å². The SMILES string of the molecule is CN=C(NCCC(F)(F)F)NCc1ccc(OC)c(C(=O)OC)c1.I. The predicted molar refractivity (Wildman–Crippen MR) is 98.6 cm³/mol. The second kappa shape index (κ2) is 11.0. The average Bonchev–Trinajstić information content (AvgIpc) is 2.55. The standard InChI is InChI=1S/C15H20F3N3O3.HI/c1-19-14(20-7-6-15(16,17)18)21-9-10-4-5-12(23-2)11(8-10)13(22)24-3;/h4-5,8H,6-7,9H2,1-3H3,(H2,19,20,21);1H. The van der Waals surface area contributed by atoms with Crippen LogP contribution in [0.2, 0.25) is 0 Å². The van der Waals surface area contributed by atoms with Crippen molar-refractivity contribution >= 4 is 35.9 Å². The number of hydrogen-bond donors (Lipinski definition) is 2. The van der Waals surface area contributed by atoms with Crippen LogP contribution in [0.15, 0.2) is 23.2 Å². The van der Waals surface area contributed by atoms with Gasteiger partial charge in [-0.15, -0.1) is 24.0 Å². The Balaban J connectivity index is 0.00000576. The van der Waals surface area contributed by atoms with E-state index in [9.17, 15) is 18.0 Å². The molecule has 10 heteroatoms. The highest BCUT2D eigenvalue weighted by Gasteiger charge is 2.26. The molecule has 2 N–H and O–H groups in total. The molecule has 0 saturated heterocycles. The normalized spacial score (nSPS) is 11.4. The fraction of sp³-hybridized carbons (Fsp3) is 0.467. The van der Waals surface area contributed by atoms with Crippen molar-refractivity contribution in [3.63, 3.8) is 0 Å². The van der Waals surface area contributed by atoms with E-state index in [1.807, 2.05) is 0 Å². The van der Waals surface area contributed by atoms with Crippen LogP contribution in [0, 0.1) is 0 Å². The molecule has 0 aromatic heterocycles. The highest BCUT2D eigenvalue weighted by molar-refractivity contribution is 14.0. The van der Waals surface area contributed by atoms with Gasteiger partial charge in [-0.05, 0) is 17.7 Å². The Bertz CT molecular complexity index is 595. The van der Waals surface area contributed by atoms with Gasteiger partial charge in [-0.2, -0.15) is 13.2 Å². The summed E-state index contributed by atoms with van der Waals surface area (Å²) >= 11 is 0. The van der Waals surface area contributed by atoms with Gasteiger partial charge in [-0.25, -0.2) is 4.79 Å². The van der Waals surface area contributed by atoms with Crippen LogP contribution in [0.25, 0.3) is 0 Å². The summed E-state index contributed by atoms with van der Waals surface area (Å²) in [6, 6.07) is 4.92. The lowest BCUT2D eigenvalue weighted by Crippen LogP contribution is -2.38. The van der Waals surface area contributed by atoms with Crippen LogP contribution >= 0.6 is 24.0 Å². The molecule has 0 heterocycles. The monoisotopic (exact) mass is 475 g/mol. The fourth-order valence-electron chi connectivity index (χ4n) is 1.86. The minimum absolute atomic E-state index is 0. The van der Waals surface area contributed by atoms with Crippen molar-refractivity contribution in [2.75, 3.05) is 27.8 Å². The van der Waals surface area contributed by atoms with Gasteiger partial charge >= 0.3 is 12.1 Å². The van der Waals surface area contributed by atoms with Crippen molar-refractivity contribution in [3.05, 3.63) is 29.3 Å². The maximum absolute atomic E-state index is 12.1. The number of halogens is 4. The maximum atomic E-state index is 12.1. The van der Waals surface area contributed by atoms with E-state index in [0.717, 1.165) is 5.56 Å². The number of alkyl halides is 3. The Morgan fingerprint density at radius 2 is 1.92 bits per heavy atom. The molecule has 1 aromatic carbocycles. The molecule has 0 atom stereocenters. The van der Waals surface area contributed by atoms with E-state index in [2.05, 4.69) is 20.4 Å². The molecular weight excluding hydrogens is 454 g/mol. The molecule has 0 saturated carbocycles. The van der Waals surface area contributed by atoms with Crippen molar-refractivity contribution in [1.29, 1.82) is 0 Å². The number of hydrogen-bond acceptors (Lipinski definition) is 4. The number of rotatable bonds is 6. The second-order valence-corrected chi connectivity index (χ2v) is 4.74. The summed E-state index contributed by atoms with van der Waals surface area (Å²) in [6.45, 7) is -0.0150. The van der Waals surface area contributed by atoms with Crippen molar-refractivity contribution in [2.45, 2.75) is 19.1 Å². The number of carbonyl (C=O) groups excluding carboxylic acids is 1. The van der Waals surface area contributed by atoms with E-state index in [1.54, 1.807) is 18.2 Å². The number of nitrogens with zero attached hydrogens (tertiary/aromatic N) is 1. The molecule has 0 amide bonds. The number of benzene rings is 1. The van der Waals surface area contributed by atoms with E-state index in [4.69, 9.17) is 4.74 Å². The first-order valence-electron chi connectivity index (χ1n) is 7.07.